The van der Waals surface area contributed by atoms with Crippen molar-refractivity contribution in [3.63, 3.8) is 0 Å². The van der Waals surface area contributed by atoms with E-state index in [4.69, 9.17) is 9.26 Å². The van der Waals surface area contributed by atoms with Crippen molar-refractivity contribution in [2.24, 2.45) is 5.41 Å². The summed E-state index contributed by atoms with van der Waals surface area (Å²) in [6, 6.07) is 8.07. The standard InChI is InChI=1S/C17H21N3O3/c1-11(2)15-18-16(19-23-15)20-7-13-12-5-3-4-6-14(12)22-10-17(13,8-20)9-21/h3-6,11,13,21H,7-10H2,1-2H3/t13-,17-/m1/s1. The van der Waals surface area contributed by atoms with E-state index in [-0.39, 0.29) is 23.9 Å². The second-order valence-electron chi connectivity index (χ2n) is 6.87. The van der Waals surface area contributed by atoms with Crippen LogP contribution in [0.1, 0.15) is 37.1 Å². The van der Waals surface area contributed by atoms with Crippen LogP contribution in [0, 0.1) is 5.41 Å². The van der Waals surface area contributed by atoms with Gasteiger partial charge in [-0.2, -0.15) is 4.98 Å². The van der Waals surface area contributed by atoms with Gasteiger partial charge in [0, 0.05) is 24.9 Å². The molecule has 2 atom stereocenters. The number of ether oxygens (including phenoxy) is 1. The maximum atomic E-state index is 10.1. The van der Waals surface area contributed by atoms with Crippen molar-refractivity contribution in [1.82, 2.24) is 10.1 Å². The minimum Gasteiger partial charge on any atom is -0.493 e. The van der Waals surface area contributed by atoms with E-state index in [0.717, 1.165) is 17.9 Å². The van der Waals surface area contributed by atoms with Crippen LogP contribution in [0.3, 0.4) is 0 Å². The largest absolute Gasteiger partial charge is 0.493 e. The van der Waals surface area contributed by atoms with Crippen LogP contribution in [-0.4, -0.2) is 41.6 Å². The number of nitrogens with zero attached hydrogens (tertiary/aromatic N) is 3. The van der Waals surface area contributed by atoms with Gasteiger partial charge < -0.3 is 19.3 Å². The number of aromatic nitrogens is 2. The van der Waals surface area contributed by atoms with Gasteiger partial charge in [0.2, 0.25) is 5.89 Å². The van der Waals surface area contributed by atoms with Crippen LogP contribution < -0.4 is 9.64 Å². The van der Waals surface area contributed by atoms with Gasteiger partial charge in [0.1, 0.15) is 5.75 Å². The summed E-state index contributed by atoms with van der Waals surface area (Å²) in [5, 5.41) is 14.2. The fourth-order valence-corrected chi connectivity index (χ4v) is 3.61. The number of para-hydroxylation sites is 1. The van der Waals surface area contributed by atoms with E-state index in [0.29, 0.717) is 25.0 Å². The Labute approximate surface area is 135 Å². The Morgan fingerprint density at radius 1 is 1.39 bits per heavy atom. The summed E-state index contributed by atoms with van der Waals surface area (Å²) in [6.45, 7) is 6.08. The molecule has 2 aromatic rings. The average Bonchev–Trinajstić information content (AvgIpc) is 3.20. The number of hydrogen-bond acceptors (Lipinski definition) is 6. The molecule has 1 aromatic carbocycles. The van der Waals surface area contributed by atoms with E-state index < -0.39 is 0 Å². The lowest BCUT2D eigenvalue weighted by Gasteiger charge is -2.37. The zero-order valence-electron chi connectivity index (χ0n) is 13.4. The minimum atomic E-state index is -0.313. The molecule has 2 aliphatic rings. The van der Waals surface area contributed by atoms with Crippen molar-refractivity contribution in [3.8, 4) is 5.75 Å². The molecule has 0 radical (unpaired) electrons. The average molecular weight is 315 g/mol. The molecule has 1 N–H and O–H groups in total. The van der Waals surface area contributed by atoms with Crippen LogP contribution in [0.25, 0.3) is 0 Å². The fourth-order valence-electron chi connectivity index (χ4n) is 3.61. The summed E-state index contributed by atoms with van der Waals surface area (Å²) in [5.41, 5.74) is 0.843. The summed E-state index contributed by atoms with van der Waals surface area (Å²) in [5.74, 6) is 2.58. The van der Waals surface area contributed by atoms with Crippen molar-refractivity contribution in [3.05, 3.63) is 35.7 Å². The summed E-state index contributed by atoms with van der Waals surface area (Å²) >= 11 is 0. The SMILES string of the molecule is CC(C)c1nc(N2C[C@@H]3c4ccccc4OC[C@]3(CO)C2)no1. The van der Waals surface area contributed by atoms with Gasteiger partial charge in [-0.05, 0) is 16.8 Å². The Balaban J connectivity index is 1.68. The van der Waals surface area contributed by atoms with Crippen molar-refractivity contribution in [2.75, 3.05) is 31.2 Å². The molecule has 1 aromatic heterocycles. The molecule has 1 saturated heterocycles. The van der Waals surface area contributed by atoms with Crippen LogP contribution in [0.2, 0.25) is 0 Å². The van der Waals surface area contributed by atoms with E-state index in [1.807, 2.05) is 32.0 Å². The maximum absolute atomic E-state index is 10.1. The molecule has 2 aliphatic heterocycles. The highest BCUT2D eigenvalue weighted by atomic mass is 16.5. The summed E-state index contributed by atoms with van der Waals surface area (Å²) in [6.07, 6.45) is 0. The zero-order chi connectivity index (χ0) is 16.0. The van der Waals surface area contributed by atoms with Gasteiger partial charge in [-0.25, -0.2) is 0 Å². The third-order valence-corrected chi connectivity index (χ3v) is 4.98. The van der Waals surface area contributed by atoms with Crippen LogP contribution in [0.5, 0.6) is 5.75 Å². The summed E-state index contributed by atoms with van der Waals surface area (Å²) in [7, 11) is 0. The second kappa shape index (κ2) is 5.23. The van der Waals surface area contributed by atoms with Crippen LogP contribution in [0.4, 0.5) is 5.95 Å². The lowest BCUT2D eigenvalue weighted by Crippen LogP contribution is -2.42. The van der Waals surface area contributed by atoms with Crippen LogP contribution in [0.15, 0.2) is 28.8 Å². The number of anilines is 1. The van der Waals surface area contributed by atoms with Gasteiger partial charge in [-0.15, -0.1) is 0 Å². The van der Waals surface area contributed by atoms with Crippen molar-refractivity contribution < 1.29 is 14.4 Å². The van der Waals surface area contributed by atoms with E-state index in [9.17, 15) is 5.11 Å². The van der Waals surface area contributed by atoms with Gasteiger partial charge in [0.25, 0.3) is 5.95 Å². The number of fused-ring (bicyclic) bond motifs is 3. The molecule has 3 heterocycles. The minimum absolute atomic E-state index is 0.0807. The Hall–Kier alpha value is -2.08. The fraction of sp³-hybridized carbons (Fsp3) is 0.529. The van der Waals surface area contributed by atoms with Crippen LogP contribution in [-0.2, 0) is 0 Å². The molecule has 122 valence electrons. The van der Waals surface area contributed by atoms with Gasteiger partial charge in [0.05, 0.1) is 18.6 Å². The normalized spacial score (nSPS) is 26.1. The van der Waals surface area contributed by atoms with E-state index in [1.165, 1.54) is 0 Å². The topological polar surface area (TPSA) is 71.6 Å². The number of benzene rings is 1. The molecule has 0 bridgehead atoms. The summed E-state index contributed by atoms with van der Waals surface area (Å²) in [4.78, 5) is 6.60. The van der Waals surface area contributed by atoms with Gasteiger partial charge in [-0.1, -0.05) is 32.0 Å². The quantitative estimate of drug-likeness (QED) is 0.936. The predicted molar refractivity (Wildman–Crippen MR) is 84.8 cm³/mol. The predicted octanol–water partition coefficient (Wildman–Crippen LogP) is 2.17. The summed E-state index contributed by atoms with van der Waals surface area (Å²) < 4.78 is 11.2. The van der Waals surface area contributed by atoms with Crippen LogP contribution >= 0.6 is 0 Å². The third-order valence-electron chi connectivity index (χ3n) is 4.98. The number of aliphatic hydroxyl groups is 1. The van der Waals surface area contributed by atoms with Gasteiger partial charge >= 0.3 is 0 Å². The highest BCUT2D eigenvalue weighted by Crippen LogP contribution is 2.49. The monoisotopic (exact) mass is 315 g/mol. The van der Waals surface area contributed by atoms with Crippen molar-refractivity contribution >= 4 is 5.95 Å². The number of aliphatic hydroxyl groups excluding tert-OH is 1. The highest BCUT2D eigenvalue weighted by Gasteiger charge is 2.51. The third kappa shape index (κ3) is 2.20. The maximum Gasteiger partial charge on any atom is 0.266 e. The van der Waals surface area contributed by atoms with Gasteiger partial charge in [0.15, 0.2) is 0 Å². The van der Waals surface area contributed by atoms with E-state index >= 15 is 0 Å². The highest BCUT2D eigenvalue weighted by molar-refractivity contribution is 5.46. The molecule has 6 heteroatoms. The molecule has 1 fully saturated rings. The Morgan fingerprint density at radius 3 is 2.96 bits per heavy atom. The van der Waals surface area contributed by atoms with E-state index in [2.05, 4.69) is 21.1 Å². The lowest BCUT2D eigenvalue weighted by atomic mass is 9.74. The first-order chi connectivity index (χ1) is 11.1. The molecule has 0 unspecified atom stereocenters. The molecule has 23 heavy (non-hydrogen) atoms. The smallest absolute Gasteiger partial charge is 0.266 e. The van der Waals surface area contributed by atoms with Gasteiger partial charge in [-0.3, -0.25) is 0 Å². The first-order valence-electron chi connectivity index (χ1n) is 8.04. The lowest BCUT2D eigenvalue weighted by molar-refractivity contribution is 0.0535. The Kier molecular flexibility index (Phi) is 3.30. The molecule has 0 amide bonds. The van der Waals surface area contributed by atoms with Crippen molar-refractivity contribution in [1.29, 1.82) is 0 Å². The molecular weight excluding hydrogens is 294 g/mol. The molecule has 6 nitrogen and oxygen atoms in total. The first kappa shape index (κ1) is 14.5. The Bertz CT molecular complexity index is 715. The first-order valence-corrected chi connectivity index (χ1v) is 8.04. The molecular formula is C17H21N3O3. The van der Waals surface area contributed by atoms with Crippen molar-refractivity contribution in [2.45, 2.75) is 25.7 Å². The molecule has 0 spiro atoms. The molecule has 0 aliphatic carbocycles. The second-order valence-corrected chi connectivity index (χ2v) is 6.87. The zero-order valence-corrected chi connectivity index (χ0v) is 13.4. The number of hydrogen-bond donors (Lipinski definition) is 1. The Morgan fingerprint density at radius 2 is 2.22 bits per heavy atom. The number of rotatable bonds is 3. The molecule has 4 rings (SSSR count). The van der Waals surface area contributed by atoms with E-state index in [1.54, 1.807) is 0 Å². The molecule has 0 saturated carbocycles.